The molecule has 7 heteroatoms. The number of amides is 1. The highest BCUT2D eigenvalue weighted by atomic mass is 35.5. The van der Waals surface area contributed by atoms with E-state index in [0.717, 1.165) is 36.5 Å². The number of likely N-dealkylation sites (tertiary alicyclic amines) is 1. The van der Waals surface area contributed by atoms with Crippen molar-refractivity contribution in [3.05, 3.63) is 17.0 Å². The summed E-state index contributed by atoms with van der Waals surface area (Å²) in [5, 5.41) is 1.88. The van der Waals surface area contributed by atoms with Crippen LogP contribution >= 0.6 is 23.4 Å². The Bertz CT molecular complexity index is 505. The number of aromatic nitrogens is 2. The Kier molecular flexibility index (Phi) is 5.70. The van der Waals surface area contributed by atoms with Crippen molar-refractivity contribution >= 4 is 29.5 Å². The number of rotatable bonds is 3. The van der Waals surface area contributed by atoms with Crippen molar-refractivity contribution in [3.8, 4) is 0 Å². The minimum Gasteiger partial charge on any atom is -0.447 e. The third-order valence-electron chi connectivity index (χ3n) is 3.29. The monoisotopic (exact) mass is 329 g/mol. The number of hydrogen-bond acceptors (Lipinski definition) is 5. The van der Waals surface area contributed by atoms with Crippen LogP contribution in [0.15, 0.2) is 11.4 Å². The zero-order valence-electron chi connectivity index (χ0n) is 12.5. The maximum absolute atomic E-state index is 11.8. The van der Waals surface area contributed by atoms with E-state index in [2.05, 4.69) is 9.97 Å². The molecule has 1 saturated heterocycles. The summed E-state index contributed by atoms with van der Waals surface area (Å²) in [7, 11) is 0. The van der Waals surface area contributed by atoms with Crippen LogP contribution in [0.3, 0.4) is 0 Å². The molecule has 0 aromatic carbocycles. The predicted molar refractivity (Wildman–Crippen MR) is 83.8 cm³/mol. The Balaban J connectivity index is 1.87. The molecule has 116 valence electrons. The van der Waals surface area contributed by atoms with E-state index in [1.165, 1.54) is 6.33 Å². The van der Waals surface area contributed by atoms with Gasteiger partial charge in [0.15, 0.2) is 0 Å². The van der Waals surface area contributed by atoms with Crippen LogP contribution in [0.4, 0.5) is 4.79 Å². The highest BCUT2D eigenvalue weighted by Gasteiger charge is 2.25. The van der Waals surface area contributed by atoms with Crippen LogP contribution in [0.25, 0.3) is 0 Å². The van der Waals surface area contributed by atoms with Crippen molar-refractivity contribution in [3.63, 3.8) is 0 Å². The standard InChI is InChI=1S/C14H20ClN3O2S/c1-9(2)20-14(19)18-6-4-11(5-7-18)21-13-10(3)12(15)16-8-17-13/h8-9,11H,4-7H2,1-3H3. The Hall–Kier alpha value is -1.01. The van der Waals surface area contributed by atoms with E-state index in [9.17, 15) is 4.79 Å². The van der Waals surface area contributed by atoms with Gasteiger partial charge in [-0.2, -0.15) is 0 Å². The van der Waals surface area contributed by atoms with Gasteiger partial charge in [0, 0.05) is 23.9 Å². The predicted octanol–water partition coefficient (Wildman–Crippen LogP) is 3.54. The van der Waals surface area contributed by atoms with Gasteiger partial charge >= 0.3 is 6.09 Å². The van der Waals surface area contributed by atoms with Crippen LogP contribution in [-0.4, -0.2) is 45.4 Å². The first-order valence-electron chi connectivity index (χ1n) is 7.06. The zero-order valence-corrected chi connectivity index (χ0v) is 14.1. The number of ether oxygens (including phenoxy) is 1. The first kappa shape index (κ1) is 16.4. The first-order valence-corrected chi connectivity index (χ1v) is 8.32. The molecule has 1 aliphatic rings. The van der Waals surface area contributed by atoms with Crippen molar-refractivity contribution in [2.24, 2.45) is 0 Å². The average Bonchev–Trinajstić information content (AvgIpc) is 2.44. The fourth-order valence-electron chi connectivity index (χ4n) is 2.12. The number of piperidine rings is 1. The highest BCUT2D eigenvalue weighted by Crippen LogP contribution is 2.32. The smallest absolute Gasteiger partial charge is 0.410 e. The van der Waals surface area contributed by atoms with Crippen LogP contribution in [-0.2, 0) is 4.74 Å². The molecule has 5 nitrogen and oxygen atoms in total. The largest absolute Gasteiger partial charge is 0.447 e. The Morgan fingerprint density at radius 1 is 1.43 bits per heavy atom. The Labute approximate surface area is 134 Å². The molecule has 0 radical (unpaired) electrons. The third-order valence-corrected chi connectivity index (χ3v) is 5.11. The van der Waals surface area contributed by atoms with Gasteiger partial charge in [0.25, 0.3) is 0 Å². The lowest BCUT2D eigenvalue weighted by Crippen LogP contribution is -2.40. The van der Waals surface area contributed by atoms with Crippen LogP contribution in [0.2, 0.25) is 5.15 Å². The van der Waals surface area contributed by atoms with Gasteiger partial charge < -0.3 is 9.64 Å². The van der Waals surface area contributed by atoms with Crippen molar-refractivity contribution in [1.29, 1.82) is 0 Å². The average molecular weight is 330 g/mol. The van der Waals surface area contributed by atoms with Gasteiger partial charge in [-0.3, -0.25) is 0 Å². The minimum absolute atomic E-state index is 0.0737. The lowest BCUT2D eigenvalue weighted by molar-refractivity contribution is 0.0717. The summed E-state index contributed by atoms with van der Waals surface area (Å²) in [6.45, 7) is 7.10. The lowest BCUT2D eigenvalue weighted by atomic mass is 10.1. The quantitative estimate of drug-likeness (QED) is 0.794. The van der Waals surface area contributed by atoms with Gasteiger partial charge in [-0.1, -0.05) is 11.6 Å². The zero-order chi connectivity index (χ0) is 15.4. The molecule has 0 aliphatic carbocycles. The van der Waals surface area contributed by atoms with Gasteiger partial charge in [0.2, 0.25) is 0 Å². The summed E-state index contributed by atoms with van der Waals surface area (Å²) in [6.07, 6.45) is 3.06. The van der Waals surface area contributed by atoms with Crippen LogP contribution in [0, 0.1) is 6.92 Å². The first-order chi connectivity index (χ1) is 9.97. The fraction of sp³-hybridized carbons (Fsp3) is 0.643. The second-order valence-electron chi connectivity index (χ2n) is 5.33. The SMILES string of the molecule is Cc1c(Cl)ncnc1SC1CCN(C(=O)OC(C)C)CC1. The molecule has 0 atom stereocenters. The maximum Gasteiger partial charge on any atom is 0.410 e. The van der Waals surface area contributed by atoms with Crippen molar-refractivity contribution in [1.82, 2.24) is 14.9 Å². The molecule has 1 aromatic heterocycles. The van der Waals surface area contributed by atoms with Crippen LogP contribution in [0.5, 0.6) is 0 Å². The summed E-state index contributed by atoms with van der Waals surface area (Å²) < 4.78 is 5.22. The number of thioether (sulfide) groups is 1. The van der Waals surface area contributed by atoms with Crippen molar-refractivity contribution < 1.29 is 9.53 Å². The molecule has 1 aromatic rings. The summed E-state index contributed by atoms with van der Waals surface area (Å²) >= 11 is 7.73. The fourth-order valence-corrected chi connectivity index (χ4v) is 3.46. The van der Waals surface area contributed by atoms with Crippen molar-refractivity contribution in [2.45, 2.75) is 50.0 Å². The third kappa shape index (κ3) is 4.48. The molecule has 1 aliphatic heterocycles. The van der Waals surface area contributed by atoms with E-state index < -0.39 is 0 Å². The Morgan fingerprint density at radius 3 is 2.71 bits per heavy atom. The number of carbonyl (C=O) groups is 1. The molecular weight excluding hydrogens is 310 g/mol. The molecule has 2 heterocycles. The summed E-state index contributed by atoms with van der Waals surface area (Å²) in [4.78, 5) is 21.9. The topological polar surface area (TPSA) is 55.3 Å². The van der Waals surface area contributed by atoms with E-state index in [1.807, 2.05) is 20.8 Å². The number of nitrogens with zero attached hydrogens (tertiary/aromatic N) is 3. The van der Waals surface area contributed by atoms with Crippen LogP contribution in [0.1, 0.15) is 32.3 Å². The van der Waals surface area contributed by atoms with E-state index in [4.69, 9.17) is 16.3 Å². The van der Waals surface area contributed by atoms with E-state index in [1.54, 1.807) is 16.7 Å². The molecule has 21 heavy (non-hydrogen) atoms. The van der Waals surface area contributed by atoms with Gasteiger partial charge in [-0.25, -0.2) is 14.8 Å². The summed E-state index contributed by atoms with van der Waals surface area (Å²) in [5.41, 5.74) is 0.922. The maximum atomic E-state index is 11.8. The number of hydrogen-bond donors (Lipinski definition) is 0. The van der Waals surface area contributed by atoms with Gasteiger partial charge in [0.05, 0.1) is 6.10 Å². The normalized spacial score (nSPS) is 16.3. The molecule has 2 rings (SSSR count). The number of halogens is 1. The van der Waals surface area contributed by atoms with E-state index in [-0.39, 0.29) is 12.2 Å². The number of carbonyl (C=O) groups excluding carboxylic acids is 1. The molecule has 1 fully saturated rings. The minimum atomic E-state index is -0.213. The van der Waals surface area contributed by atoms with Crippen molar-refractivity contribution in [2.75, 3.05) is 13.1 Å². The second-order valence-corrected chi connectivity index (χ2v) is 6.98. The van der Waals surface area contributed by atoms with Gasteiger partial charge in [0.1, 0.15) is 16.5 Å². The molecule has 0 N–H and O–H groups in total. The summed E-state index contributed by atoms with van der Waals surface area (Å²) in [6, 6.07) is 0. The van der Waals surface area contributed by atoms with Gasteiger partial charge in [-0.15, -0.1) is 11.8 Å². The summed E-state index contributed by atoms with van der Waals surface area (Å²) in [5.74, 6) is 0. The molecule has 1 amide bonds. The van der Waals surface area contributed by atoms with E-state index in [0.29, 0.717) is 10.4 Å². The van der Waals surface area contributed by atoms with Crippen LogP contribution < -0.4 is 0 Å². The molecule has 0 saturated carbocycles. The molecule has 0 spiro atoms. The molecule has 0 bridgehead atoms. The Morgan fingerprint density at radius 2 is 2.10 bits per heavy atom. The molecular formula is C14H20ClN3O2S. The highest BCUT2D eigenvalue weighted by molar-refractivity contribution is 7.99. The lowest BCUT2D eigenvalue weighted by Gasteiger charge is -2.31. The van der Waals surface area contributed by atoms with Gasteiger partial charge in [-0.05, 0) is 33.6 Å². The molecule has 0 unspecified atom stereocenters. The second kappa shape index (κ2) is 7.31. The van der Waals surface area contributed by atoms with E-state index >= 15 is 0 Å².